The molecule has 1 aliphatic heterocycles. The number of carbonyl (C=O) groups excluding carboxylic acids is 2. The van der Waals surface area contributed by atoms with Gasteiger partial charge in [-0.05, 0) is 43.2 Å². The molecule has 1 aromatic carbocycles. The van der Waals surface area contributed by atoms with Gasteiger partial charge in [0.2, 0.25) is 5.91 Å². The van der Waals surface area contributed by atoms with E-state index in [1.165, 1.54) is 24.4 Å². The Bertz CT molecular complexity index is 1370. The van der Waals surface area contributed by atoms with E-state index in [0.29, 0.717) is 52.2 Å². The number of hydrazine groups is 1. The van der Waals surface area contributed by atoms with Gasteiger partial charge in [-0.15, -0.1) is 0 Å². The van der Waals surface area contributed by atoms with Gasteiger partial charge in [-0.25, -0.2) is 10.8 Å². The first kappa shape index (κ1) is 26.7. The maximum Gasteiger partial charge on any atom is 0.274 e. The molecule has 0 spiro atoms. The molecule has 2 aromatic heterocycles. The number of methoxy groups -OCH3 is 1. The SMILES string of the molecule is C=CC(=O)N1CCC[C@@H](N(N)/C=C(\N)c2ccc(NC(=O)c3cccc(-c4[nH]ncc4Cl)n3)c(OC)c2)C1. The van der Waals surface area contributed by atoms with Crippen molar-refractivity contribution in [1.29, 1.82) is 0 Å². The van der Waals surface area contributed by atoms with E-state index in [9.17, 15) is 9.59 Å². The van der Waals surface area contributed by atoms with Crippen LogP contribution in [0.5, 0.6) is 5.75 Å². The van der Waals surface area contributed by atoms with Gasteiger partial charge in [-0.2, -0.15) is 5.10 Å². The molecule has 0 unspecified atom stereocenters. The largest absolute Gasteiger partial charge is 0.495 e. The predicted octanol–water partition coefficient (Wildman–Crippen LogP) is 3.00. The summed E-state index contributed by atoms with van der Waals surface area (Å²) in [6, 6.07) is 10.1. The van der Waals surface area contributed by atoms with Gasteiger partial charge in [0.05, 0.1) is 41.4 Å². The lowest BCUT2D eigenvalue weighted by molar-refractivity contribution is -0.127. The van der Waals surface area contributed by atoms with Crippen LogP contribution in [0.3, 0.4) is 0 Å². The van der Waals surface area contributed by atoms with Gasteiger partial charge in [0.1, 0.15) is 17.1 Å². The number of pyridine rings is 1. The van der Waals surface area contributed by atoms with Crippen LogP contribution >= 0.6 is 11.6 Å². The van der Waals surface area contributed by atoms with Gasteiger partial charge in [-0.3, -0.25) is 14.7 Å². The Balaban J connectivity index is 1.48. The number of anilines is 1. The Hall–Kier alpha value is -4.35. The van der Waals surface area contributed by atoms with Crippen molar-refractivity contribution in [2.45, 2.75) is 18.9 Å². The van der Waals surface area contributed by atoms with Gasteiger partial charge < -0.3 is 25.7 Å². The number of halogens is 1. The van der Waals surface area contributed by atoms with Crippen LogP contribution in [-0.2, 0) is 4.79 Å². The molecule has 3 heterocycles. The van der Waals surface area contributed by atoms with Crippen LogP contribution in [0.4, 0.5) is 5.69 Å². The summed E-state index contributed by atoms with van der Waals surface area (Å²) in [5.74, 6) is 6.14. The summed E-state index contributed by atoms with van der Waals surface area (Å²) in [5.41, 5.74) is 9.03. The van der Waals surface area contributed by atoms with Gasteiger partial charge >= 0.3 is 0 Å². The molecule has 4 rings (SSSR count). The van der Waals surface area contributed by atoms with Crippen LogP contribution in [0.25, 0.3) is 17.1 Å². The molecule has 1 fully saturated rings. The van der Waals surface area contributed by atoms with Gasteiger partial charge in [0.15, 0.2) is 0 Å². The summed E-state index contributed by atoms with van der Waals surface area (Å²) < 4.78 is 5.50. The molecule has 11 nitrogen and oxygen atoms in total. The quantitative estimate of drug-likeness (QED) is 0.194. The highest BCUT2D eigenvalue weighted by Gasteiger charge is 2.25. The molecule has 1 aliphatic rings. The van der Waals surface area contributed by atoms with Crippen molar-refractivity contribution in [3.63, 3.8) is 0 Å². The lowest BCUT2D eigenvalue weighted by atomic mass is 10.0. The van der Waals surface area contributed by atoms with Crippen LogP contribution in [0.15, 0.2) is 61.4 Å². The van der Waals surface area contributed by atoms with Gasteiger partial charge in [0.25, 0.3) is 5.91 Å². The molecule has 38 heavy (non-hydrogen) atoms. The lowest BCUT2D eigenvalue weighted by Crippen LogP contribution is -2.50. The van der Waals surface area contributed by atoms with Crippen LogP contribution in [0.1, 0.15) is 28.9 Å². The zero-order valence-electron chi connectivity index (χ0n) is 20.9. The topological polar surface area (TPSA) is 155 Å². The third-order valence-electron chi connectivity index (χ3n) is 6.21. The molecular formula is C26H29ClN8O3. The van der Waals surface area contributed by atoms with Crippen molar-refractivity contribution in [3.8, 4) is 17.1 Å². The van der Waals surface area contributed by atoms with Crippen LogP contribution in [0.2, 0.25) is 5.02 Å². The standard InChI is InChI=1S/C26H29ClN8O3/c1-3-24(36)34-11-5-6-17(14-34)35(29)15-19(28)16-9-10-20(23(12-16)38-2)32-26(37)22-8-4-7-21(31-22)25-18(27)13-30-33-25/h3-4,7-10,12-13,15,17H,1,5-6,11,14,28-29H2,2H3,(H,30,33)(H,32,37)/b19-15-/t17-/m1/s1. The van der Waals surface area contributed by atoms with E-state index in [-0.39, 0.29) is 17.6 Å². The Morgan fingerprint density at radius 3 is 2.87 bits per heavy atom. The summed E-state index contributed by atoms with van der Waals surface area (Å²) in [5, 5.41) is 11.4. The summed E-state index contributed by atoms with van der Waals surface area (Å²) in [6.07, 6.45) is 6.07. The zero-order valence-corrected chi connectivity index (χ0v) is 21.6. The molecule has 1 saturated heterocycles. The van der Waals surface area contributed by atoms with Gasteiger partial charge in [-0.1, -0.05) is 30.3 Å². The number of aromatic amines is 1. The fraction of sp³-hybridized carbons (Fsp3) is 0.231. The molecule has 3 aromatic rings. The van der Waals surface area contributed by atoms with E-state index in [1.807, 2.05) is 0 Å². The normalized spacial score (nSPS) is 15.6. The second-order valence-electron chi connectivity index (χ2n) is 8.69. The summed E-state index contributed by atoms with van der Waals surface area (Å²) in [4.78, 5) is 31.0. The summed E-state index contributed by atoms with van der Waals surface area (Å²) in [6.45, 7) is 4.72. The zero-order chi connectivity index (χ0) is 27.2. The van der Waals surface area contributed by atoms with Crippen molar-refractivity contribution in [1.82, 2.24) is 25.1 Å². The highest BCUT2D eigenvalue weighted by molar-refractivity contribution is 6.32. The minimum Gasteiger partial charge on any atom is -0.495 e. The number of benzene rings is 1. The van der Waals surface area contributed by atoms with Crippen molar-refractivity contribution in [2.24, 2.45) is 11.6 Å². The molecule has 0 bridgehead atoms. The average Bonchev–Trinajstić information content (AvgIpc) is 3.38. The maximum atomic E-state index is 12.9. The van der Waals surface area contributed by atoms with E-state index in [1.54, 1.807) is 47.5 Å². The van der Waals surface area contributed by atoms with E-state index in [4.69, 9.17) is 27.9 Å². The average molecular weight is 537 g/mol. The monoisotopic (exact) mass is 536 g/mol. The number of nitrogens with two attached hydrogens (primary N) is 2. The maximum absolute atomic E-state index is 12.9. The van der Waals surface area contributed by atoms with E-state index in [0.717, 1.165) is 12.8 Å². The molecule has 2 amide bonds. The van der Waals surface area contributed by atoms with Crippen molar-refractivity contribution in [3.05, 3.63) is 77.7 Å². The Morgan fingerprint density at radius 1 is 1.34 bits per heavy atom. The molecule has 1 atom stereocenters. The molecule has 12 heteroatoms. The molecular weight excluding hydrogens is 508 g/mol. The Morgan fingerprint density at radius 2 is 2.16 bits per heavy atom. The number of likely N-dealkylation sites (tertiary alicyclic amines) is 1. The highest BCUT2D eigenvalue weighted by Crippen LogP contribution is 2.29. The summed E-state index contributed by atoms with van der Waals surface area (Å²) in [7, 11) is 1.50. The number of piperidine rings is 1. The Kier molecular flexibility index (Phi) is 8.29. The molecule has 0 saturated carbocycles. The fourth-order valence-electron chi connectivity index (χ4n) is 4.18. The third kappa shape index (κ3) is 5.96. The molecule has 0 radical (unpaired) electrons. The van der Waals surface area contributed by atoms with Crippen molar-refractivity contribution < 1.29 is 14.3 Å². The minimum absolute atomic E-state index is 0.0773. The smallest absolute Gasteiger partial charge is 0.274 e. The van der Waals surface area contributed by atoms with E-state index >= 15 is 0 Å². The first-order valence-corrected chi connectivity index (χ1v) is 12.3. The number of amides is 2. The number of H-pyrrole nitrogens is 1. The van der Waals surface area contributed by atoms with Crippen LogP contribution in [-0.4, -0.2) is 63.1 Å². The predicted molar refractivity (Wildman–Crippen MR) is 146 cm³/mol. The van der Waals surface area contributed by atoms with E-state index in [2.05, 4.69) is 27.1 Å². The number of hydrogen-bond acceptors (Lipinski definition) is 8. The lowest BCUT2D eigenvalue weighted by Gasteiger charge is -2.36. The number of carbonyl (C=O) groups is 2. The number of rotatable bonds is 8. The molecule has 198 valence electrons. The minimum atomic E-state index is -0.430. The fourth-order valence-corrected chi connectivity index (χ4v) is 4.37. The van der Waals surface area contributed by atoms with Crippen LogP contribution in [0, 0.1) is 0 Å². The second-order valence-corrected chi connectivity index (χ2v) is 9.09. The number of ether oxygens (including phenoxy) is 1. The number of hydrogen-bond donors (Lipinski definition) is 4. The first-order chi connectivity index (χ1) is 18.3. The number of nitrogens with zero attached hydrogens (tertiary/aromatic N) is 4. The van der Waals surface area contributed by atoms with Crippen molar-refractivity contribution in [2.75, 3.05) is 25.5 Å². The van der Waals surface area contributed by atoms with Crippen molar-refractivity contribution >= 4 is 34.8 Å². The molecule has 0 aliphatic carbocycles. The number of aromatic nitrogens is 3. The first-order valence-electron chi connectivity index (χ1n) is 11.9. The molecule has 6 N–H and O–H groups in total. The van der Waals surface area contributed by atoms with Crippen LogP contribution < -0.4 is 21.6 Å². The highest BCUT2D eigenvalue weighted by atomic mass is 35.5. The Labute approximate surface area is 225 Å². The van der Waals surface area contributed by atoms with E-state index < -0.39 is 5.91 Å². The third-order valence-corrected chi connectivity index (χ3v) is 6.49. The second kappa shape index (κ2) is 11.8. The summed E-state index contributed by atoms with van der Waals surface area (Å²) >= 11 is 6.12. The number of nitrogens with one attached hydrogen (secondary N) is 2. The van der Waals surface area contributed by atoms with Gasteiger partial charge in [0, 0.05) is 24.9 Å².